The quantitative estimate of drug-likeness (QED) is 0.361. The monoisotopic (exact) mass is 490 g/mol. The molecule has 0 aliphatic carbocycles. The molecule has 0 amide bonds. The molecule has 0 aromatic heterocycles. The van der Waals surface area contributed by atoms with Crippen molar-refractivity contribution < 1.29 is 24.1 Å². The van der Waals surface area contributed by atoms with Gasteiger partial charge in [-0.3, -0.25) is 0 Å². The van der Waals surface area contributed by atoms with Crippen molar-refractivity contribution >= 4 is 0 Å². The lowest BCUT2D eigenvalue weighted by molar-refractivity contribution is -0.263. The number of rotatable bonds is 12. The average molecular weight is 491 g/mol. The van der Waals surface area contributed by atoms with E-state index in [1.54, 1.807) is 0 Å². The molecule has 1 aliphatic heterocycles. The lowest BCUT2D eigenvalue weighted by Gasteiger charge is -2.45. The lowest BCUT2D eigenvalue weighted by atomic mass is 9.90. The fraction of sp³-hybridized carbons (Fsp3) is 0.419. The molecule has 1 aliphatic rings. The molecule has 5 nitrogen and oxygen atoms in total. The summed E-state index contributed by atoms with van der Waals surface area (Å²) >= 11 is 0. The fourth-order valence-electron chi connectivity index (χ4n) is 4.59. The molecule has 4 rings (SSSR count). The van der Waals surface area contributed by atoms with Crippen LogP contribution in [0.25, 0.3) is 0 Å². The molecule has 3 aromatic rings. The first-order valence-corrected chi connectivity index (χ1v) is 12.9. The first kappa shape index (κ1) is 26.5. The van der Waals surface area contributed by atoms with Crippen LogP contribution < -0.4 is 0 Å². The number of ether oxygens (including phenoxy) is 4. The second-order valence-corrected chi connectivity index (χ2v) is 9.86. The number of hydrogen-bond donors (Lipinski definition) is 1. The highest BCUT2D eigenvalue weighted by molar-refractivity contribution is 5.15. The van der Waals surface area contributed by atoms with E-state index in [0.29, 0.717) is 32.3 Å². The van der Waals surface area contributed by atoms with Crippen molar-refractivity contribution in [3.63, 3.8) is 0 Å². The zero-order valence-electron chi connectivity index (χ0n) is 21.2. The number of aliphatic hydroxyl groups excluding tert-OH is 1. The van der Waals surface area contributed by atoms with Crippen LogP contribution in [0.15, 0.2) is 91.0 Å². The van der Waals surface area contributed by atoms with Gasteiger partial charge in [0.2, 0.25) is 0 Å². The van der Waals surface area contributed by atoms with E-state index in [1.807, 2.05) is 91.0 Å². The van der Waals surface area contributed by atoms with Crippen molar-refractivity contribution in [2.45, 2.75) is 70.6 Å². The van der Waals surface area contributed by atoms with Crippen molar-refractivity contribution in [3.8, 4) is 0 Å². The van der Waals surface area contributed by atoms with E-state index in [1.165, 1.54) is 0 Å². The van der Waals surface area contributed by atoms with Gasteiger partial charge in [0.05, 0.1) is 32.5 Å². The third-order valence-electron chi connectivity index (χ3n) is 6.43. The summed E-state index contributed by atoms with van der Waals surface area (Å²) in [5.74, 6) is 0.368. The Labute approximate surface area is 215 Å². The number of benzene rings is 3. The molecule has 1 fully saturated rings. The van der Waals surface area contributed by atoms with E-state index in [0.717, 1.165) is 23.1 Å². The van der Waals surface area contributed by atoms with E-state index in [2.05, 4.69) is 13.8 Å². The maximum absolute atomic E-state index is 11.4. The largest absolute Gasteiger partial charge is 0.388 e. The average Bonchev–Trinajstić information content (AvgIpc) is 2.90. The van der Waals surface area contributed by atoms with E-state index in [-0.39, 0.29) is 12.2 Å². The van der Waals surface area contributed by atoms with E-state index in [9.17, 15) is 5.11 Å². The van der Waals surface area contributed by atoms with Gasteiger partial charge in [0.15, 0.2) is 0 Å². The summed E-state index contributed by atoms with van der Waals surface area (Å²) in [7, 11) is 0. The van der Waals surface area contributed by atoms with Gasteiger partial charge in [-0.15, -0.1) is 0 Å². The second kappa shape index (κ2) is 13.7. The minimum absolute atomic E-state index is 0.348. The summed E-state index contributed by atoms with van der Waals surface area (Å²) in [6.45, 7) is 5.89. The van der Waals surface area contributed by atoms with Crippen LogP contribution in [-0.4, -0.2) is 42.2 Å². The van der Waals surface area contributed by atoms with E-state index >= 15 is 0 Å². The predicted molar refractivity (Wildman–Crippen MR) is 140 cm³/mol. The molecule has 192 valence electrons. The van der Waals surface area contributed by atoms with Crippen LogP contribution in [0.3, 0.4) is 0 Å². The molecule has 5 heteroatoms. The molecule has 0 bridgehead atoms. The van der Waals surface area contributed by atoms with Crippen LogP contribution in [0.1, 0.15) is 37.0 Å². The molecule has 3 aromatic carbocycles. The summed E-state index contributed by atoms with van der Waals surface area (Å²) in [4.78, 5) is 0. The zero-order chi connectivity index (χ0) is 25.2. The highest BCUT2D eigenvalue weighted by atomic mass is 16.6. The maximum Gasteiger partial charge on any atom is 0.115 e. The minimum Gasteiger partial charge on any atom is -0.388 e. The Bertz CT molecular complexity index is 995. The molecular formula is C31H38O5. The Hall–Kier alpha value is -2.54. The normalized spacial score (nSPS) is 24.2. The van der Waals surface area contributed by atoms with E-state index < -0.39 is 18.3 Å². The van der Waals surface area contributed by atoms with Gasteiger partial charge in [0.1, 0.15) is 24.4 Å². The van der Waals surface area contributed by atoms with Crippen LogP contribution in [-0.2, 0) is 38.8 Å². The van der Waals surface area contributed by atoms with Crippen molar-refractivity contribution in [1.82, 2.24) is 0 Å². The van der Waals surface area contributed by atoms with Crippen LogP contribution in [0.2, 0.25) is 0 Å². The highest BCUT2D eigenvalue weighted by Crippen LogP contribution is 2.31. The Morgan fingerprint density at radius 2 is 1.14 bits per heavy atom. The highest BCUT2D eigenvalue weighted by Gasteiger charge is 2.46. The van der Waals surface area contributed by atoms with Crippen molar-refractivity contribution in [3.05, 3.63) is 108 Å². The maximum atomic E-state index is 11.4. The van der Waals surface area contributed by atoms with Gasteiger partial charge in [-0.05, 0) is 29.0 Å². The summed E-state index contributed by atoms with van der Waals surface area (Å²) in [6, 6.07) is 30.1. The third kappa shape index (κ3) is 7.73. The van der Waals surface area contributed by atoms with Crippen molar-refractivity contribution in [2.75, 3.05) is 6.61 Å². The molecular weight excluding hydrogens is 452 g/mol. The summed E-state index contributed by atoms with van der Waals surface area (Å²) in [6.07, 6.45) is -1.83. The molecule has 1 saturated heterocycles. The predicted octanol–water partition coefficient (Wildman–Crippen LogP) is 5.55. The first-order valence-electron chi connectivity index (χ1n) is 12.9. The molecule has 0 spiro atoms. The summed E-state index contributed by atoms with van der Waals surface area (Å²) in [5, 5.41) is 11.4. The van der Waals surface area contributed by atoms with Gasteiger partial charge in [-0.1, -0.05) is 105 Å². The van der Waals surface area contributed by atoms with Gasteiger partial charge in [-0.25, -0.2) is 0 Å². The SMILES string of the molecule is CC(C)C[C@@H]1O[C@H](COCc2ccccc2)[C@@H](OCc2ccccc2)[C@H](OCc2ccccc2)[C@@H]1O. The van der Waals surface area contributed by atoms with Gasteiger partial charge in [0, 0.05) is 0 Å². The molecule has 0 unspecified atom stereocenters. The Kier molecular flexibility index (Phi) is 10.1. The van der Waals surface area contributed by atoms with E-state index in [4.69, 9.17) is 18.9 Å². The van der Waals surface area contributed by atoms with Gasteiger partial charge in [-0.2, -0.15) is 0 Å². The molecule has 0 saturated carbocycles. The zero-order valence-corrected chi connectivity index (χ0v) is 21.2. The molecule has 1 N–H and O–H groups in total. The fourth-order valence-corrected chi connectivity index (χ4v) is 4.59. The molecule has 1 heterocycles. The van der Waals surface area contributed by atoms with Gasteiger partial charge in [0.25, 0.3) is 0 Å². The molecule has 5 atom stereocenters. The van der Waals surface area contributed by atoms with Crippen LogP contribution >= 0.6 is 0 Å². The lowest BCUT2D eigenvalue weighted by Crippen LogP contribution is -2.60. The third-order valence-corrected chi connectivity index (χ3v) is 6.43. The summed E-state index contributed by atoms with van der Waals surface area (Å²) < 4.78 is 25.3. The van der Waals surface area contributed by atoms with Crippen LogP contribution in [0, 0.1) is 5.92 Å². The van der Waals surface area contributed by atoms with Crippen LogP contribution in [0.5, 0.6) is 0 Å². The Balaban J connectivity index is 1.52. The first-order chi connectivity index (χ1) is 17.6. The minimum atomic E-state index is -0.803. The standard InChI is InChI=1S/C31H38O5/c1-23(2)18-27-29(32)31(35-21-26-16-10-5-11-17-26)30(34-20-25-14-8-4-9-15-25)28(36-27)22-33-19-24-12-6-3-7-13-24/h3-17,23,27-32H,18-22H2,1-2H3/t27-,28+,29+,30+,31+/m0/s1. The van der Waals surface area contributed by atoms with Crippen molar-refractivity contribution in [1.29, 1.82) is 0 Å². The van der Waals surface area contributed by atoms with Crippen molar-refractivity contribution in [2.24, 2.45) is 5.92 Å². The summed E-state index contributed by atoms with van der Waals surface area (Å²) in [5.41, 5.74) is 3.21. The Morgan fingerprint density at radius 1 is 0.667 bits per heavy atom. The molecule has 0 radical (unpaired) electrons. The van der Waals surface area contributed by atoms with Gasteiger partial charge >= 0.3 is 0 Å². The van der Waals surface area contributed by atoms with Crippen LogP contribution in [0.4, 0.5) is 0 Å². The number of hydrogen-bond acceptors (Lipinski definition) is 5. The Morgan fingerprint density at radius 3 is 1.64 bits per heavy atom. The molecule has 36 heavy (non-hydrogen) atoms. The smallest absolute Gasteiger partial charge is 0.115 e. The topological polar surface area (TPSA) is 57.2 Å². The van der Waals surface area contributed by atoms with Gasteiger partial charge < -0.3 is 24.1 Å². The number of aliphatic hydroxyl groups is 1. The second-order valence-electron chi connectivity index (χ2n) is 9.86.